The number of halogens is 1. The van der Waals surface area contributed by atoms with E-state index < -0.39 is 22.9 Å². The van der Waals surface area contributed by atoms with Gasteiger partial charge in [-0.2, -0.15) is 5.10 Å². The normalized spacial score (nSPS) is 18.6. The molecule has 24 heavy (non-hydrogen) atoms. The summed E-state index contributed by atoms with van der Waals surface area (Å²) < 4.78 is 18.7. The number of carboxylic acids is 1. The summed E-state index contributed by atoms with van der Waals surface area (Å²) in [6.07, 6.45) is 6.24. The van der Waals surface area contributed by atoms with Crippen molar-refractivity contribution in [3.8, 4) is 18.1 Å². The number of methoxy groups -OCH3 is 1. The molecule has 0 aromatic heterocycles. The van der Waals surface area contributed by atoms with Crippen LogP contribution in [0.2, 0.25) is 0 Å². The van der Waals surface area contributed by atoms with Crippen LogP contribution in [0.15, 0.2) is 22.3 Å². The van der Waals surface area contributed by atoms with Gasteiger partial charge in [0.15, 0.2) is 16.7 Å². The minimum atomic E-state index is -1.08. The van der Waals surface area contributed by atoms with Crippen molar-refractivity contribution >= 4 is 35.0 Å². The van der Waals surface area contributed by atoms with Gasteiger partial charge < -0.3 is 15.2 Å². The molecule has 0 saturated carbocycles. The number of amides is 1. The van der Waals surface area contributed by atoms with Crippen molar-refractivity contribution in [3.63, 3.8) is 0 Å². The standard InChI is InChI=1S/C15H12FN3O4S/c1-3-9-4-8(5-10(16)13(9)23-2)7-17-19-15-18-14(22)11(24-15)6-12(20)21/h1,4-5,7,11H,6H2,2H3,(H,20,21)(H,18,19,22). The highest BCUT2D eigenvalue weighted by Crippen LogP contribution is 2.24. The van der Waals surface area contributed by atoms with Gasteiger partial charge in [0.25, 0.3) is 0 Å². The fourth-order valence-electron chi connectivity index (χ4n) is 1.90. The molecule has 0 spiro atoms. The minimum absolute atomic E-state index is 0.0314. The molecule has 1 unspecified atom stereocenters. The number of amidine groups is 1. The molecule has 1 aromatic rings. The van der Waals surface area contributed by atoms with Crippen LogP contribution in [0.5, 0.6) is 5.75 Å². The second-order valence-corrected chi connectivity index (χ2v) is 5.76. The molecule has 0 bridgehead atoms. The molecule has 0 radical (unpaired) electrons. The number of ether oxygens (including phenoxy) is 1. The maximum atomic E-state index is 13.8. The quantitative estimate of drug-likeness (QED) is 0.473. The maximum absolute atomic E-state index is 13.8. The lowest BCUT2D eigenvalue weighted by atomic mass is 10.1. The predicted octanol–water partition coefficient (Wildman–Crippen LogP) is 1.21. The summed E-state index contributed by atoms with van der Waals surface area (Å²) in [6.45, 7) is 0. The number of benzene rings is 1. The lowest BCUT2D eigenvalue weighted by Gasteiger charge is -2.05. The molecule has 2 rings (SSSR count). The number of aliphatic carboxylic acids is 1. The second-order valence-electron chi connectivity index (χ2n) is 4.57. The first kappa shape index (κ1) is 17.5. The van der Waals surface area contributed by atoms with Gasteiger partial charge in [0.05, 0.1) is 25.3 Å². The molecule has 1 amide bonds. The molecule has 124 valence electrons. The van der Waals surface area contributed by atoms with Gasteiger partial charge in [-0.05, 0) is 17.7 Å². The predicted molar refractivity (Wildman–Crippen MR) is 87.7 cm³/mol. The Bertz CT molecular complexity index is 786. The highest BCUT2D eigenvalue weighted by Gasteiger charge is 2.32. The smallest absolute Gasteiger partial charge is 0.305 e. The summed E-state index contributed by atoms with van der Waals surface area (Å²) in [5.41, 5.74) is 0.596. The molecule has 0 aliphatic carbocycles. The van der Waals surface area contributed by atoms with Gasteiger partial charge in [-0.1, -0.05) is 17.7 Å². The van der Waals surface area contributed by atoms with Crippen LogP contribution < -0.4 is 10.1 Å². The van der Waals surface area contributed by atoms with E-state index in [0.29, 0.717) is 5.56 Å². The number of carboxylic acid groups (broad SMARTS) is 1. The van der Waals surface area contributed by atoms with Crippen LogP contribution >= 0.6 is 11.8 Å². The van der Waals surface area contributed by atoms with E-state index in [-0.39, 0.29) is 22.9 Å². The Balaban J connectivity index is 2.12. The SMILES string of the molecule is C#Cc1cc(C=NN=C2NC(=O)C(CC(=O)O)S2)cc(F)c1OC. The highest BCUT2D eigenvalue weighted by molar-refractivity contribution is 8.15. The largest absolute Gasteiger partial charge is 0.492 e. The Morgan fingerprint density at radius 3 is 3.00 bits per heavy atom. The highest BCUT2D eigenvalue weighted by atomic mass is 32.2. The first-order chi connectivity index (χ1) is 11.4. The van der Waals surface area contributed by atoms with Crippen molar-refractivity contribution in [3.05, 3.63) is 29.1 Å². The molecule has 1 aliphatic heterocycles. The lowest BCUT2D eigenvalue weighted by Crippen LogP contribution is -2.26. The molecule has 1 saturated heterocycles. The number of hydrogen-bond donors (Lipinski definition) is 2. The van der Waals surface area contributed by atoms with Crippen LogP contribution in [0.3, 0.4) is 0 Å². The molecule has 9 heteroatoms. The number of nitrogens with zero attached hydrogens (tertiary/aromatic N) is 2. The third-order valence-corrected chi connectivity index (χ3v) is 3.99. The number of carbonyl (C=O) groups excluding carboxylic acids is 1. The second kappa shape index (κ2) is 7.61. The number of thioether (sulfide) groups is 1. The van der Waals surface area contributed by atoms with Gasteiger partial charge in [-0.25, -0.2) is 4.39 Å². The van der Waals surface area contributed by atoms with E-state index in [2.05, 4.69) is 21.4 Å². The first-order valence-electron chi connectivity index (χ1n) is 6.59. The van der Waals surface area contributed by atoms with Crippen molar-refractivity contribution in [1.82, 2.24) is 5.32 Å². The third kappa shape index (κ3) is 4.11. The Kier molecular flexibility index (Phi) is 5.55. The van der Waals surface area contributed by atoms with E-state index in [0.717, 1.165) is 11.8 Å². The molecule has 1 heterocycles. The molecule has 1 aromatic carbocycles. The Morgan fingerprint density at radius 1 is 1.62 bits per heavy atom. The van der Waals surface area contributed by atoms with Crippen LogP contribution in [0.4, 0.5) is 4.39 Å². The Morgan fingerprint density at radius 2 is 2.38 bits per heavy atom. The lowest BCUT2D eigenvalue weighted by molar-refractivity contribution is -0.138. The summed E-state index contributed by atoms with van der Waals surface area (Å²) in [7, 11) is 1.31. The monoisotopic (exact) mass is 349 g/mol. The van der Waals surface area contributed by atoms with Crippen LogP contribution in [-0.2, 0) is 9.59 Å². The number of nitrogens with one attached hydrogen (secondary N) is 1. The van der Waals surface area contributed by atoms with Crippen molar-refractivity contribution in [1.29, 1.82) is 0 Å². The van der Waals surface area contributed by atoms with Gasteiger partial charge in [0, 0.05) is 0 Å². The average molecular weight is 349 g/mol. The van der Waals surface area contributed by atoms with Gasteiger partial charge in [-0.3, -0.25) is 9.59 Å². The van der Waals surface area contributed by atoms with E-state index in [1.165, 1.54) is 25.5 Å². The number of terminal acetylenes is 1. The molecule has 1 atom stereocenters. The van der Waals surface area contributed by atoms with Crippen LogP contribution in [0, 0.1) is 18.2 Å². The topological polar surface area (TPSA) is 100 Å². The molecule has 2 N–H and O–H groups in total. The van der Waals surface area contributed by atoms with Crippen molar-refractivity contribution in [2.45, 2.75) is 11.7 Å². The van der Waals surface area contributed by atoms with E-state index in [4.69, 9.17) is 16.3 Å². The zero-order chi connectivity index (χ0) is 17.7. The average Bonchev–Trinajstić information content (AvgIpc) is 2.85. The summed E-state index contributed by atoms with van der Waals surface area (Å²) in [4.78, 5) is 22.2. The molecule has 1 aliphatic rings. The summed E-state index contributed by atoms with van der Waals surface area (Å²) >= 11 is 0.967. The van der Waals surface area contributed by atoms with Crippen LogP contribution in [0.25, 0.3) is 0 Å². The maximum Gasteiger partial charge on any atom is 0.305 e. The Labute approximate surface area is 141 Å². The van der Waals surface area contributed by atoms with Crippen molar-refractivity contribution in [2.75, 3.05) is 7.11 Å². The number of rotatable bonds is 5. The van der Waals surface area contributed by atoms with E-state index >= 15 is 0 Å². The van der Waals surface area contributed by atoms with Gasteiger partial charge >= 0.3 is 5.97 Å². The van der Waals surface area contributed by atoms with E-state index in [1.807, 2.05) is 0 Å². The zero-order valence-corrected chi connectivity index (χ0v) is 13.3. The van der Waals surface area contributed by atoms with Crippen molar-refractivity contribution < 1.29 is 23.8 Å². The molecule has 7 nitrogen and oxygen atoms in total. The van der Waals surface area contributed by atoms with Gasteiger partial charge in [0.1, 0.15) is 5.25 Å². The van der Waals surface area contributed by atoms with E-state index in [1.54, 1.807) is 0 Å². The number of carbonyl (C=O) groups is 2. The first-order valence-corrected chi connectivity index (χ1v) is 7.47. The summed E-state index contributed by atoms with van der Waals surface area (Å²) in [5, 5.41) is 18.1. The summed E-state index contributed by atoms with van der Waals surface area (Å²) in [5.74, 6) is 0.122. The minimum Gasteiger partial charge on any atom is -0.492 e. The molecule has 1 fully saturated rings. The molecular weight excluding hydrogens is 337 g/mol. The van der Waals surface area contributed by atoms with Crippen LogP contribution in [0.1, 0.15) is 17.5 Å². The fraction of sp³-hybridized carbons (Fsp3) is 0.200. The van der Waals surface area contributed by atoms with Crippen molar-refractivity contribution in [2.24, 2.45) is 10.2 Å². The Hall–Kier alpha value is -2.86. The van der Waals surface area contributed by atoms with Crippen LogP contribution in [-0.4, -0.2) is 40.7 Å². The fourth-order valence-corrected chi connectivity index (χ4v) is 2.81. The summed E-state index contributed by atoms with van der Waals surface area (Å²) in [6, 6.07) is 2.68. The number of hydrogen-bond acceptors (Lipinski definition) is 6. The van der Waals surface area contributed by atoms with Gasteiger partial charge in [-0.15, -0.1) is 11.5 Å². The van der Waals surface area contributed by atoms with E-state index in [9.17, 15) is 14.0 Å². The zero-order valence-electron chi connectivity index (χ0n) is 12.4. The van der Waals surface area contributed by atoms with Gasteiger partial charge in [0.2, 0.25) is 5.91 Å². The molecular formula is C15H12FN3O4S. The third-order valence-electron chi connectivity index (χ3n) is 2.92.